The van der Waals surface area contributed by atoms with E-state index < -0.39 is 0 Å². The minimum atomic E-state index is 0.223. The quantitative estimate of drug-likeness (QED) is 0.672. The molecule has 2 aromatic carbocycles. The van der Waals surface area contributed by atoms with Crippen LogP contribution in [-0.2, 0) is 24.1 Å². The van der Waals surface area contributed by atoms with Crippen molar-refractivity contribution in [2.75, 3.05) is 0 Å². The summed E-state index contributed by atoms with van der Waals surface area (Å²) in [6.07, 6.45) is 5.25. The van der Waals surface area contributed by atoms with Crippen molar-refractivity contribution in [2.45, 2.75) is 46.0 Å². The number of hydrogen-bond donors (Lipinski definition) is 0. The lowest BCUT2D eigenvalue weighted by Gasteiger charge is -2.04. The highest BCUT2D eigenvalue weighted by molar-refractivity contribution is 5.78. The van der Waals surface area contributed by atoms with E-state index in [1.54, 1.807) is 6.92 Å². The molecule has 21 heavy (non-hydrogen) atoms. The van der Waals surface area contributed by atoms with Gasteiger partial charge < -0.3 is 0 Å². The van der Waals surface area contributed by atoms with Crippen LogP contribution in [0, 0.1) is 6.92 Å². The van der Waals surface area contributed by atoms with Crippen molar-refractivity contribution in [1.29, 1.82) is 0 Å². The number of ketones is 1. The van der Waals surface area contributed by atoms with Crippen LogP contribution >= 0.6 is 0 Å². The second-order valence-electron chi connectivity index (χ2n) is 5.89. The average molecular weight is 280 g/mol. The topological polar surface area (TPSA) is 17.1 Å². The van der Waals surface area contributed by atoms with Gasteiger partial charge in [-0.3, -0.25) is 4.79 Å². The normalized spacial score (nSPS) is 10.6. The zero-order chi connectivity index (χ0) is 15.1. The van der Waals surface area contributed by atoms with Crippen LogP contribution in [0.4, 0.5) is 0 Å². The average Bonchev–Trinajstić information content (AvgIpc) is 2.46. The van der Waals surface area contributed by atoms with E-state index in [0.717, 1.165) is 18.4 Å². The Morgan fingerprint density at radius 1 is 0.762 bits per heavy atom. The molecule has 2 aromatic rings. The molecule has 0 aromatic heterocycles. The van der Waals surface area contributed by atoms with Gasteiger partial charge in [-0.15, -0.1) is 0 Å². The number of carbonyl (C=O) groups is 1. The largest absolute Gasteiger partial charge is 0.300 e. The molecule has 0 saturated heterocycles. The Bertz CT molecular complexity index is 564. The van der Waals surface area contributed by atoms with Crippen molar-refractivity contribution in [3.05, 3.63) is 70.8 Å². The monoisotopic (exact) mass is 280 g/mol. The Kier molecular flexibility index (Phi) is 5.74. The predicted octanol–water partition coefficient (Wildman–Crippen LogP) is 4.69. The van der Waals surface area contributed by atoms with Gasteiger partial charge in [-0.2, -0.15) is 0 Å². The van der Waals surface area contributed by atoms with Crippen LogP contribution in [0.15, 0.2) is 48.5 Å². The van der Waals surface area contributed by atoms with Crippen LogP contribution in [-0.4, -0.2) is 5.78 Å². The fraction of sp³-hybridized carbons (Fsp3) is 0.350. The highest BCUT2D eigenvalue weighted by Gasteiger charge is 1.99. The van der Waals surface area contributed by atoms with E-state index in [0.29, 0.717) is 6.42 Å². The van der Waals surface area contributed by atoms with E-state index in [2.05, 4.69) is 55.5 Å². The minimum Gasteiger partial charge on any atom is -0.300 e. The maximum absolute atomic E-state index is 11.1. The van der Waals surface area contributed by atoms with Gasteiger partial charge in [0.1, 0.15) is 5.78 Å². The van der Waals surface area contributed by atoms with Crippen LogP contribution in [0.3, 0.4) is 0 Å². The molecule has 0 fully saturated rings. The molecule has 0 bridgehead atoms. The van der Waals surface area contributed by atoms with Gasteiger partial charge in [0.25, 0.3) is 0 Å². The summed E-state index contributed by atoms with van der Waals surface area (Å²) in [5.41, 5.74) is 5.24. The van der Waals surface area contributed by atoms with Gasteiger partial charge in [0.15, 0.2) is 0 Å². The van der Waals surface area contributed by atoms with Gasteiger partial charge in [-0.05, 0) is 56.2 Å². The molecular weight excluding hydrogens is 256 g/mol. The highest BCUT2D eigenvalue weighted by Crippen LogP contribution is 2.11. The summed E-state index contributed by atoms with van der Waals surface area (Å²) in [5.74, 6) is 0.223. The van der Waals surface area contributed by atoms with Crippen LogP contribution in [0.2, 0.25) is 0 Å². The lowest BCUT2D eigenvalue weighted by molar-refractivity contribution is -0.116. The van der Waals surface area contributed by atoms with Crippen LogP contribution in [0.25, 0.3) is 0 Å². The number of aryl methyl sites for hydroxylation is 3. The Hall–Kier alpha value is -1.89. The van der Waals surface area contributed by atoms with E-state index in [-0.39, 0.29) is 5.78 Å². The molecule has 0 spiro atoms. The highest BCUT2D eigenvalue weighted by atomic mass is 16.1. The third-order valence-electron chi connectivity index (χ3n) is 3.78. The van der Waals surface area contributed by atoms with Gasteiger partial charge in [-0.25, -0.2) is 0 Å². The lowest BCUT2D eigenvalue weighted by atomic mass is 10.0. The molecular formula is C20H24O. The molecule has 0 amide bonds. The first-order chi connectivity index (χ1) is 10.1. The molecule has 0 atom stereocenters. The van der Waals surface area contributed by atoms with Crippen LogP contribution in [0.1, 0.15) is 42.0 Å². The third kappa shape index (κ3) is 5.55. The third-order valence-corrected chi connectivity index (χ3v) is 3.78. The Balaban J connectivity index is 1.73. The van der Waals surface area contributed by atoms with Gasteiger partial charge in [0.05, 0.1) is 0 Å². The van der Waals surface area contributed by atoms with Gasteiger partial charge in [-0.1, -0.05) is 54.1 Å². The second-order valence-corrected chi connectivity index (χ2v) is 5.89. The van der Waals surface area contributed by atoms with Crippen LogP contribution < -0.4 is 0 Å². The maximum atomic E-state index is 11.1. The minimum absolute atomic E-state index is 0.223. The molecule has 0 N–H and O–H groups in total. The zero-order valence-corrected chi connectivity index (χ0v) is 13.1. The van der Waals surface area contributed by atoms with Crippen molar-refractivity contribution in [3.63, 3.8) is 0 Å². The summed E-state index contributed by atoms with van der Waals surface area (Å²) in [7, 11) is 0. The molecule has 1 heteroatoms. The van der Waals surface area contributed by atoms with E-state index in [1.165, 1.54) is 29.5 Å². The number of Topliss-reactive ketones (excluding diaryl/α,β-unsaturated/α-hetero) is 1. The van der Waals surface area contributed by atoms with Crippen molar-refractivity contribution >= 4 is 5.78 Å². The smallest absolute Gasteiger partial charge is 0.134 e. The standard InChI is InChI=1S/C20H24O/c1-16-7-9-18(10-8-16)5-3-4-6-19-11-13-20(14-12-19)15-17(2)21/h7-14H,3-6,15H2,1-2H3. The van der Waals surface area contributed by atoms with Gasteiger partial charge >= 0.3 is 0 Å². The van der Waals surface area contributed by atoms with Crippen molar-refractivity contribution in [2.24, 2.45) is 0 Å². The van der Waals surface area contributed by atoms with E-state index in [9.17, 15) is 4.79 Å². The molecule has 2 rings (SSSR count). The molecule has 0 aliphatic carbocycles. The zero-order valence-electron chi connectivity index (χ0n) is 13.1. The lowest BCUT2D eigenvalue weighted by Crippen LogP contribution is -1.96. The summed E-state index contributed by atoms with van der Waals surface area (Å²) >= 11 is 0. The first kappa shape index (κ1) is 15.5. The van der Waals surface area contributed by atoms with E-state index >= 15 is 0 Å². The molecule has 0 unspecified atom stereocenters. The number of rotatable bonds is 7. The molecule has 1 nitrogen and oxygen atoms in total. The Labute approximate surface area is 128 Å². The molecule has 0 heterocycles. The fourth-order valence-electron chi connectivity index (χ4n) is 2.52. The van der Waals surface area contributed by atoms with E-state index in [4.69, 9.17) is 0 Å². The first-order valence-corrected chi connectivity index (χ1v) is 7.76. The molecule has 0 radical (unpaired) electrons. The Morgan fingerprint density at radius 3 is 1.67 bits per heavy atom. The SMILES string of the molecule is CC(=O)Cc1ccc(CCCCc2ccc(C)cc2)cc1. The Morgan fingerprint density at radius 2 is 1.19 bits per heavy atom. The van der Waals surface area contributed by atoms with Crippen LogP contribution in [0.5, 0.6) is 0 Å². The van der Waals surface area contributed by atoms with Gasteiger partial charge in [0, 0.05) is 6.42 Å². The summed E-state index contributed by atoms with van der Waals surface area (Å²) in [4.78, 5) is 11.1. The molecule has 0 saturated carbocycles. The number of hydrogen-bond acceptors (Lipinski definition) is 1. The predicted molar refractivity (Wildman–Crippen MR) is 88.6 cm³/mol. The van der Waals surface area contributed by atoms with Gasteiger partial charge in [0.2, 0.25) is 0 Å². The maximum Gasteiger partial charge on any atom is 0.134 e. The fourth-order valence-corrected chi connectivity index (χ4v) is 2.52. The van der Waals surface area contributed by atoms with Crippen molar-refractivity contribution in [1.82, 2.24) is 0 Å². The number of benzene rings is 2. The molecule has 0 aliphatic heterocycles. The molecule has 110 valence electrons. The van der Waals surface area contributed by atoms with Crippen molar-refractivity contribution in [3.8, 4) is 0 Å². The summed E-state index contributed by atoms with van der Waals surface area (Å²) < 4.78 is 0. The summed E-state index contributed by atoms with van der Waals surface area (Å²) in [6.45, 7) is 3.76. The van der Waals surface area contributed by atoms with E-state index in [1.807, 2.05) is 0 Å². The number of carbonyl (C=O) groups excluding carboxylic acids is 1. The first-order valence-electron chi connectivity index (χ1n) is 7.76. The number of unbranched alkanes of at least 4 members (excludes halogenated alkanes) is 1. The summed E-state index contributed by atoms with van der Waals surface area (Å²) in [5, 5.41) is 0. The molecule has 0 aliphatic rings. The second kappa shape index (κ2) is 7.78. The summed E-state index contributed by atoms with van der Waals surface area (Å²) in [6, 6.07) is 17.3. The van der Waals surface area contributed by atoms with Crippen molar-refractivity contribution < 1.29 is 4.79 Å².